The number of hydrogen-bond acceptors (Lipinski definition) is 6. The van der Waals surface area contributed by atoms with E-state index in [2.05, 4.69) is 24.9 Å². The van der Waals surface area contributed by atoms with Gasteiger partial charge in [-0.15, -0.1) is 0 Å². The van der Waals surface area contributed by atoms with E-state index in [0.29, 0.717) is 6.67 Å². The van der Waals surface area contributed by atoms with E-state index in [4.69, 9.17) is 0 Å². The third-order valence-corrected chi connectivity index (χ3v) is 4.48. The first-order valence-electron chi connectivity index (χ1n) is 8.67. The maximum atomic E-state index is 12.2. The highest BCUT2D eigenvalue weighted by atomic mass is 16.1. The molecule has 0 radical (unpaired) electrons. The summed E-state index contributed by atoms with van der Waals surface area (Å²) in [5.74, 6) is 0.758. The summed E-state index contributed by atoms with van der Waals surface area (Å²) in [5.41, 5.74) is 1.73. The molecule has 0 aliphatic carbocycles. The first kappa shape index (κ1) is 16.4. The largest absolute Gasteiger partial charge is 0.338 e. The van der Waals surface area contributed by atoms with Crippen LogP contribution in [-0.2, 0) is 6.67 Å². The molecule has 3 aromatic rings. The molecule has 0 unspecified atom stereocenters. The molecule has 0 amide bonds. The van der Waals surface area contributed by atoms with Crippen LogP contribution in [0.4, 0.5) is 5.95 Å². The molecule has 26 heavy (non-hydrogen) atoms. The van der Waals surface area contributed by atoms with Gasteiger partial charge in [0.2, 0.25) is 5.95 Å². The maximum Gasteiger partial charge on any atom is 0.268 e. The van der Waals surface area contributed by atoms with Gasteiger partial charge in [-0.25, -0.2) is 14.6 Å². The molecule has 132 valence electrons. The van der Waals surface area contributed by atoms with Gasteiger partial charge in [-0.3, -0.25) is 9.69 Å². The van der Waals surface area contributed by atoms with Gasteiger partial charge >= 0.3 is 0 Å². The molecule has 4 rings (SSSR count). The second kappa shape index (κ2) is 7.45. The Kier molecular flexibility index (Phi) is 4.70. The molecule has 0 bridgehead atoms. The molecule has 1 fully saturated rings. The van der Waals surface area contributed by atoms with Gasteiger partial charge in [0.05, 0.1) is 12.4 Å². The molecule has 7 heteroatoms. The zero-order chi connectivity index (χ0) is 17.8. The molecular formula is C19H20N6O. The number of benzene rings is 1. The summed E-state index contributed by atoms with van der Waals surface area (Å²) in [6.45, 7) is 3.82. The summed E-state index contributed by atoms with van der Waals surface area (Å²) in [5, 5.41) is 4.54. The van der Waals surface area contributed by atoms with Crippen molar-refractivity contribution in [1.29, 1.82) is 0 Å². The third kappa shape index (κ3) is 3.62. The van der Waals surface area contributed by atoms with Crippen LogP contribution in [0.15, 0.2) is 65.7 Å². The monoisotopic (exact) mass is 348 g/mol. The molecule has 7 nitrogen and oxygen atoms in total. The number of anilines is 1. The Morgan fingerprint density at radius 2 is 1.58 bits per heavy atom. The van der Waals surface area contributed by atoms with E-state index in [1.165, 1.54) is 4.68 Å². The van der Waals surface area contributed by atoms with Crippen molar-refractivity contribution in [3.8, 4) is 11.3 Å². The van der Waals surface area contributed by atoms with Gasteiger partial charge in [0, 0.05) is 50.2 Å². The lowest BCUT2D eigenvalue weighted by Crippen LogP contribution is -2.48. The smallest absolute Gasteiger partial charge is 0.268 e. The zero-order valence-electron chi connectivity index (χ0n) is 14.4. The van der Waals surface area contributed by atoms with Crippen LogP contribution in [0.5, 0.6) is 0 Å². The lowest BCUT2D eigenvalue weighted by Gasteiger charge is -2.34. The predicted molar refractivity (Wildman–Crippen MR) is 99.8 cm³/mol. The van der Waals surface area contributed by atoms with Crippen molar-refractivity contribution in [2.24, 2.45) is 0 Å². The highest BCUT2D eigenvalue weighted by Crippen LogP contribution is 2.14. The van der Waals surface area contributed by atoms with Gasteiger partial charge in [-0.2, -0.15) is 5.10 Å². The fourth-order valence-electron chi connectivity index (χ4n) is 3.05. The number of piperazine rings is 1. The van der Waals surface area contributed by atoms with Crippen LogP contribution in [0.25, 0.3) is 11.3 Å². The highest BCUT2D eigenvalue weighted by Gasteiger charge is 2.19. The maximum absolute atomic E-state index is 12.2. The minimum atomic E-state index is -0.0847. The highest BCUT2D eigenvalue weighted by molar-refractivity contribution is 5.57. The van der Waals surface area contributed by atoms with Crippen molar-refractivity contribution in [2.45, 2.75) is 6.67 Å². The Bertz CT molecular complexity index is 904. The third-order valence-electron chi connectivity index (χ3n) is 4.48. The number of rotatable bonds is 4. The first-order chi connectivity index (χ1) is 12.8. The molecule has 1 aliphatic heterocycles. The topological polar surface area (TPSA) is 67.2 Å². The SMILES string of the molecule is O=c1ccc(-c2ccccc2)nn1CN1CCN(c2ncccn2)CC1. The average molecular weight is 348 g/mol. The molecular weight excluding hydrogens is 328 g/mol. The summed E-state index contributed by atoms with van der Waals surface area (Å²) in [4.78, 5) is 25.2. The molecule has 1 saturated heterocycles. The summed E-state index contributed by atoms with van der Waals surface area (Å²) in [6.07, 6.45) is 3.51. The van der Waals surface area contributed by atoms with E-state index in [1.54, 1.807) is 24.5 Å². The standard InChI is InChI=1S/C19H20N6O/c26-18-8-7-17(16-5-2-1-3-6-16)22-25(18)15-23-11-13-24(14-12-23)19-20-9-4-10-21-19/h1-10H,11-15H2. The van der Waals surface area contributed by atoms with Gasteiger partial charge in [0.25, 0.3) is 5.56 Å². The molecule has 1 aliphatic rings. The minimum absolute atomic E-state index is 0.0847. The normalized spacial score (nSPS) is 15.2. The fraction of sp³-hybridized carbons (Fsp3) is 0.263. The zero-order valence-corrected chi connectivity index (χ0v) is 14.4. The van der Waals surface area contributed by atoms with Crippen molar-refractivity contribution < 1.29 is 0 Å². The summed E-state index contributed by atoms with van der Waals surface area (Å²) in [6, 6.07) is 15.1. The van der Waals surface area contributed by atoms with Crippen molar-refractivity contribution in [3.05, 3.63) is 71.3 Å². The Morgan fingerprint density at radius 1 is 0.846 bits per heavy atom. The van der Waals surface area contributed by atoms with Crippen LogP contribution < -0.4 is 10.5 Å². The lowest BCUT2D eigenvalue weighted by molar-refractivity contribution is 0.191. The van der Waals surface area contributed by atoms with E-state index >= 15 is 0 Å². The second-order valence-corrected chi connectivity index (χ2v) is 6.22. The molecule has 1 aromatic carbocycles. The van der Waals surface area contributed by atoms with Gasteiger partial charge < -0.3 is 4.90 Å². The molecule has 0 atom stereocenters. The second-order valence-electron chi connectivity index (χ2n) is 6.22. The van der Waals surface area contributed by atoms with Crippen LogP contribution in [0.3, 0.4) is 0 Å². The summed E-state index contributed by atoms with van der Waals surface area (Å²) < 4.78 is 1.54. The molecule has 0 spiro atoms. The molecule has 0 N–H and O–H groups in total. The van der Waals surface area contributed by atoms with Crippen LogP contribution in [0.2, 0.25) is 0 Å². The van der Waals surface area contributed by atoms with Crippen molar-refractivity contribution in [2.75, 3.05) is 31.1 Å². The number of hydrogen-bond donors (Lipinski definition) is 0. The Labute approximate surface area is 151 Å². The van der Waals surface area contributed by atoms with Gasteiger partial charge in [-0.05, 0) is 12.1 Å². The lowest BCUT2D eigenvalue weighted by atomic mass is 10.1. The Hall–Kier alpha value is -3.06. The van der Waals surface area contributed by atoms with E-state index in [-0.39, 0.29) is 5.56 Å². The van der Waals surface area contributed by atoms with E-state index in [1.807, 2.05) is 36.4 Å². The van der Waals surface area contributed by atoms with Crippen LogP contribution >= 0.6 is 0 Å². The summed E-state index contributed by atoms with van der Waals surface area (Å²) in [7, 11) is 0. The Morgan fingerprint density at radius 3 is 2.31 bits per heavy atom. The number of aromatic nitrogens is 4. The average Bonchev–Trinajstić information content (AvgIpc) is 2.71. The van der Waals surface area contributed by atoms with Crippen molar-refractivity contribution in [1.82, 2.24) is 24.6 Å². The quantitative estimate of drug-likeness (QED) is 0.711. The molecule has 2 aromatic heterocycles. The van der Waals surface area contributed by atoms with Crippen molar-refractivity contribution in [3.63, 3.8) is 0 Å². The summed E-state index contributed by atoms with van der Waals surface area (Å²) >= 11 is 0. The van der Waals surface area contributed by atoms with E-state index in [0.717, 1.165) is 43.4 Å². The fourth-order valence-corrected chi connectivity index (χ4v) is 3.05. The predicted octanol–water partition coefficient (Wildman–Crippen LogP) is 1.48. The molecule has 0 saturated carbocycles. The van der Waals surface area contributed by atoms with E-state index in [9.17, 15) is 4.79 Å². The van der Waals surface area contributed by atoms with Crippen LogP contribution in [0.1, 0.15) is 0 Å². The van der Waals surface area contributed by atoms with E-state index < -0.39 is 0 Å². The van der Waals surface area contributed by atoms with Gasteiger partial charge in [0.1, 0.15) is 0 Å². The van der Waals surface area contributed by atoms with Gasteiger partial charge in [0.15, 0.2) is 0 Å². The number of nitrogens with zero attached hydrogens (tertiary/aromatic N) is 6. The van der Waals surface area contributed by atoms with Crippen LogP contribution in [0, 0.1) is 0 Å². The first-order valence-corrected chi connectivity index (χ1v) is 8.67. The van der Waals surface area contributed by atoms with Crippen molar-refractivity contribution >= 4 is 5.95 Å². The van der Waals surface area contributed by atoms with Gasteiger partial charge in [-0.1, -0.05) is 30.3 Å². The Balaban J connectivity index is 1.44. The minimum Gasteiger partial charge on any atom is -0.338 e. The molecule has 3 heterocycles. The van der Waals surface area contributed by atoms with Crippen LogP contribution in [-0.4, -0.2) is 50.8 Å².